The van der Waals surface area contributed by atoms with Crippen LogP contribution in [0.2, 0.25) is 0 Å². The number of anilines is 3. The van der Waals surface area contributed by atoms with E-state index >= 15 is 0 Å². The number of hydrogen-bond acceptors (Lipinski definition) is 6. The first kappa shape index (κ1) is 32.8. The molecule has 236 valence electrons. The molecule has 0 radical (unpaired) electrons. The van der Waals surface area contributed by atoms with Crippen LogP contribution in [0.25, 0.3) is 17.2 Å². The molecule has 8 heteroatoms. The number of fused-ring (bicyclic) bond motifs is 1. The summed E-state index contributed by atoms with van der Waals surface area (Å²) >= 11 is 0. The van der Waals surface area contributed by atoms with Crippen molar-refractivity contribution in [3.63, 3.8) is 0 Å². The van der Waals surface area contributed by atoms with Gasteiger partial charge in [-0.25, -0.2) is 0 Å². The van der Waals surface area contributed by atoms with Crippen LogP contribution >= 0.6 is 0 Å². The normalized spacial score (nSPS) is 13.1. The number of carbonyl (C=O) groups is 2. The maximum Gasteiger partial charge on any atom is 0.303 e. The van der Waals surface area contributed by atoms with E-state index in [1.54, 1.807) is 7.11 Å². The fraction of sp³-hybridized carbons (Fsp3) is 0.472. The number of methoxy groups -OCH3 is 1. The van der Waals surface area contributed by atoms with Crippen molar-refractivity contribution in [1.29, 1.82) is 0 Å². The zero-order chi connectivity index (χ0) is 31.5. The van der Waals surface area contributed by atoms with E-state index in [0.717, 1.165) is 86.2 Å². The molecule has 1 aromatic heterocycles. The Hall–Kier alpha value is -4.07. The average Bonchev–Trinajstić information content (AvgIpc) is 3.50. The predicted molar refractivity (Wildman–Crippen MR) is 179 cm³/mol. The van der Waals surface area contributed by atoms with Gasteiger partial charge in [0, 0.05) is 74.4 Å². The van der Waals surface area contributed by atoms with Crippen molar-refractivity contribution in [2.75, 3.05) is 37.5 Å². The summed E-state index contributed by atoms with van der Waals surface area (Å²) in [6.45, 7) is 3.64. The SMILES string of the molecule is COc1cc(N(C)C)c(/C=C(/C)C=O)c(N2CCCc3cc(-c4cnn(CCCCCCCCCCC(=O)O)c4)ccc32)c1. The number of rotatable bonds is 17. The van der Waals surface area contributed by atoms with E-state index in [1.807, 2.05) is 39.4 Å². The number of nitrogens with zero attached hydrogens (tertiary/aromatic N) is 4. The molecule has 0 atom stereocenters. The Morgan fingerprint density at radius 2 is 1.73 bits per heavy atom. The third-order valence-corrected chi connectivity index (χ3v) is 8.37. The lowest BCUT2D eigenvalue weighted by Gasteiger charge is -2.34. The number of aromatic nitrogens is 2. The summed E-state index contributed by atoms with van der Waals surface area (Å²) in [5, 5.41) is 13.4. The third kappa shape index (κ3) is 8.74. The van der Waals surface area contributed by atoms with Crippen molar-refractivity contribution in [2.45, 2.75) is 84.1 Å². The first-order valence-electron chi connectivity index (χ1n) is 16.0. The van der Waals surface area contributed by atoms with Gasteiger partial charge in [-0.15, -0.1) is 0 Å². The molecule has 0 amide bonds. The second kappa shape index (κ2) is 16.1. The van der Waals surface area contributed by atoms with Crippen LogP contribution in [0.15, 0.2) is 48.3 Å². The molecule has 2 aromatic carbocycles. The number of allylic oxidation sites excluding steroid dienone is 1. The number of aldehydes is 1. The molecule has 0 saturated heterocycles. The Bertz CT molecular complexity index is 1440. The maximum atomic E-state index is 11.6. The zero-order valence-electron chi connectivity index (χ0n) is 26.8. The van der Waals surface area contributed by atoms with Crippen LogP contribution in [0, 0.1) is 0 Å². The van der Waals surface area contributed by atoms with Crippen LogP contribution in [0.4, 0.5) is 17.1 Å². The first-order chi connectivity index (χ1) is 21.3. The maximum absolute atomic E-state index is 11.6. The summed E-state index contributed by atoms with van der Waals surface area (Å²) in [6.07, 6.45) is 18.2. The lowest BCUT2D eigenvalue weighted by atomic mass is 9.95. The highest BCUT2D eigenvalue weighted by Gasteiger charge is 2.24. The van der Waals surface area contributed by atoms with Crippen molar-refractivity contribution in [3.05, 3.63) is 59.4 Å². The smallest absolute Gasteiger partial charge is 0.303 e. The first-order valence-corrected chi connectivity index (χ1v) is 16.0. The summed E-state index contributed by atoms with van der Waals surface area (Å²) in [4.78, 5) is 26.6. The topological polar surface area (TPSA) is 87.9 Å². The fourth-order valence-corrected chi connectivity index (χ4v) is 5.99. The van der Waals surface area contributed by atoms with Crippen LogP contribution in [-0.4, -0.2) is 54.9 Å². The van der Waals surface area contributed by atoms with E-state index in [9.17, 15) is 9.59 Å². The lowest BCUT2D eigenvalue weighted by molar-refractivity contribution is -0.137. The highest BCUT2D eigenvalue weighted by molar-refractivity contribution is 5.91. The van der Waals surface area contributed by atoms with Gasteiger partial charge in [-0.05, 0) is 67.5 Å². The van der Waals surface area contributed by atoms with Crippen LogP contribution < -0.4 is 14.5 Å². The molecule has 1 aliphatic heterocycles. The molecule has 0 fully saturated rings. The molecule has 0 unspecified atom stereocenters. The highest BCUT2D eigenvalue weighted by atomic mass is 16.5. The van der Waals surface area contributed by atoms with Gasteiger partial charge in [-0.1, -0.05) is 44.6 Å². The van der Waals surface area contributed by atoms with E-state index in [-0.39, 0.29) is 0 Å². The molecule has 0 aliphatic carbocycles. The van der Waals surface area contributed by atoms with E-state index in [1.165, 1.54) is 42.5 Å². The average molecular weight is 601 g/mol. The summed E-state index contributed by atoms with van der Waals surface area (Å²) in [5.74, 6) is 0.0941. The zero-order valence-corrected chi connectivity index (χ0v) is 26.8. The second-order valence-electron chi connectivity index (χ2n) is 12.0. The molecule has 0 bridgehead atoms. The molecular weight excluding hydrogens is 552 g/mol. The monoisotopic (exact) mass is 600 g/mol. The predicted octanol–water partition coefficient (Wildman–Crippen LogP) is 7.91. The Kier molecular flexibility index (Phi) is 12.0. The van der Waals surface area contributed by atoms with Gasteiger partial charge in [0.2, 0.25) is 0 Å². The van der Waals surface area contributed by atoms with Crippen molar-refractivity contribution in [3.8, 4) is 16.9 Å². The Labute approximate surface area is 262 Å². The summed E-state index contributed by atoms with van der Waals surface area (Å²) in [7, 11) is 5.72. The summed E-state index contributed by atoms with van der Waals surface area (Å²) < 4.78 is 7.75. The molecule has 4 rings (SSSR count). The lowest BCUT2D eigenvalue weighted by Crippen LogP contribution is -2.26. The molecule has 0 saturated carbocycles. The molecule has 2 heterocycles. The number of carboxylic acid groups (broad SMARTS) is 1. The Balaban J connectivity index is 1.42. The minimum atomic E-state index is -0.692. The minimum Gasteiger partial charge on any atom is -0.497 e. The van der Waals surface area contributed by atoms with Gasteiger partial charge >= 0.3 is 5.97 Å². The van der Waals surface area contributed by atoms with Gasteiger partial charge < -0.3 is 19.6 Å². The van der Waals surface area contributed by atoms with Crippen LogP contribution in [-0.2, 0) is 22.6 Å². The number of aliphatic carboxylic acids is 1. The standard InChI is InChI=1S/C36H48N4O4/c1-27(26-41)20-32-34(38(2)3)22-31(44-4)23-35(32)40-19-13-14-29-21-28(16-17-33(29)40)30-24-37-39(25-30)18-12-10-8-6-5-7-9-11-15-36(42)43/h16-17,20-26H,5-15,18-19H2,1-4H3,(H,42,43)/b27-20-. The number of carboxylic acids is 1. The van der Waals surface area contributed by atoms with Crippen LogP contribution in [0.3, 0.4) is 0 Å². The molecule has 44 heavy (non-hydrogen) atoms. The molecule has 1 N–H and O–H groups in total. The van der Waals surface area contributed by atoms with Crippen molar-refractivity contribution in [2.24, 2.45) is 0 Å². The second-order valence-corrected chi connectivity index (χ2v) is 12.0. The van der Waals surface area contributed by atoms with E-state index in [0.29, 0.717) is 12.0 Å². The fourth-order valence-electron chi connectivity index (χ4n) is 5.99. The molecule has 1 aliphatic rings. The Morgan fingerprint density at radius 3 is 2.41 bits per heavy atom. The largest absolute Gasteiger partial charge is 0.497 e. The van der Waals surface area contributed by atoms with Crippen molar-refractivity contribution in [1.82, 2.24) is 9.78 Å². The number of aryl methyl sites for hydroxylation is 2. The van der Waals surface area contributed by atoms with Gasteiger partial charge in [0.1, 0.15) is 12.0 Å². The van der Waals surface area contributed by atoms with Gasteiger partial charge in [0.05, 0.1) is 19.0 Å². The van der Waals surface area contributed by atoms with Crippen molar-refractivity contribution < 1.29 is 19.4 Å². The quantitative estimate of drug-likeness (QED) is 0.0957. The van der Waals surface area contributed by atoms with E-state index in [4.69, 9.17) is 9.84 Å². The number of unbranched alkanes of at least 4 members (excludes halogenated alkanes) is 7. The molecule has 3 aromatic rings. The highest BCUT2D eigenvalue weighted by Crippen LogP contribution is 2.42. The van der Waals surface area contributed by atoms with Gasteiger partial charge in [-0.2, -0.15) is 5.10 Å². The van der Waals surface area contributed by atoms with Crippen LogP contribution in [0.1, 0.15) is 82.3 Å². The number of carbonyl (C=O) groups excluding carboxylic acids is 1. The minimum absolute atomic E-state index is 0.290. The summed E-state index contributed by atoms with van der Waals surface area (Å²) in [6, 6.07) is 10.8. The summed E-state index contributed by atoms with van der Waals surface area (Å²) in [5.41, 5.74) is 8.53. The van der Waals surface area contributed by atoms with Crippen LogP contribution in [0.5, 0.6) is 5.75 Å². The van der Waals surface area contributed by atoms with Crippen molar-refractivity contribution >= 4 is 35.4 Å². The third-order valence-electron chi connectivity index (χ3n) is 8.37. The number of benzene rings is 2. The van der Waals surface area contributed by atoms with Gasteiger partial charge in [-0.3, -0.25) is 14.3 Å². The van der Waals surface area contributed by atoms with Gasteiger partial charge in [0.15, 0.2) is 0 Å². The molecule has 8 nitrogen and oxygen atoms in total. The van der Waals surface area contributed by atoms with E-state index in [2.05, 4.69) is 50.0 Å². The Morgan fingerprint density at radius 1 is 1.00 bits per heavy atom. The number of hydrogen-bond donors (Lipinski definition) is 1. The molecule has 0 spiro atoms. The molecular formula is C36H48N4O4. The van der Waals surface area contributed by atoms with Gasteiger partial charge in [0.25, 0.3) is 0 Å². The van der Waals surface area contributed by atoms with E-state index < -0.39 is 5.97 Å². The number of ether oxygens (including phenoxy) is 1.